The molecule has 0 aromatic heterocycles. The third kappa shape index (κ3) is 1.95. The molecule has 19 heavy (non-hydrogen) atoms. The fraction of sp³-hybridized carbons (Fsp3) is 0.571. The van der Waals surface area contributed by atoms with Crippen molar-refractivity contribution in [2.75, 3.05) is 6.79 Å². The maximum absolute atomic E-state index is 5.48. The van der Waals surface area contributed by atoms with Crippen LogP contribution in [-0.2, 0) is 0 Å². The predicted octanol–water partition coefficient (Wildman–Crippen LogP) is 2.50. The molecule has 1 aromatic carbocycles. The van der Waals surface area contributed by atoms with Gasteiger partial charge in [-0.3, -0.25) is 5.43 Å². The van der Waals surface area contributed by atoms with E-state index >= 15 is 0 Å². The van der Waals surface area contributed by atoms with Crippen LogP contribution >= 0.6 is 15.9 Å². The lowest BCUT2D eigenvalue weighted by Gasteiger charge is -2.31. The summed E-state index contributed by atoms with van der Waals surface area (Å²) >= 11 is 3.80. The Labute approximate surface area is 120 Å². The SMILES string of the molecule is BrC1CCCC2C(c3ccc4c(c3)OCO4)NNC12. The molecule has 1 aromatic rings. The number of ether oxygens (including phenoxy) is 2. The highest BCUT2D eigenvalue weighted by atomic mass is 79.9. The average molecular weight is 325 g/mol. The van der Waals surface area contributed by atoms with Gasteiger partial charge in [-0.2, -0.15) is 0 Å². The summed E-state index contributed by atoms with van der Waals surface area (Å²) in [5.74, 6) is 2.36. The summed E-state index contributed by atoms with van der Waals surface area (Å²) in [5.41, 5.74) is 8.20. The smallest absolute Gasteiger partial charge is 0.231 e. The van der Waals surface area contributed by atoms with E-state index in [0.29, 0.717) is 29.6 Å². The minimum atomic E-state index is 0.338. The Hall–Kier alpha value is -0.780. The van der Waals surface area contributed by atoms with Crippen molar-refractivity contribution in [3.05, 3.63) is 23.8 Å². The van der Waals surface area contributed by atoms with Crippen molar-refractivity contribution >= 4 is 15.9 Å². The van der Waals surface area contributed by atoms with Crippen molar-refractivity contribution in [2.24, 2.45) is 5.92 Å². The molecule has 1 saturated heterocycles. The molecule has 2 aliphatic heterocycles. The molecule has 4 unspecified atom stereocenters. The van der Waals surface area contributed by atoms with Crippen LogP contribution < -0.4 is 20.3 Å². The molecule has 0 spiro atoms. The highest BCUT2D eigenvalue weighted by Crippen LogP contribution is 2.42. The lowest BCUT2D eigenvalue weighted by molar-refractivity contribution is 0.174. The standard InChI is InChI=1S/C14H17BrN2O2/c15-10-3-1-2-9-13(16-17-14(9)10)8-4-5-11-12(6-8)19-7-18-11/h4-6,9-10,13-14,16-17H,1-3,7H2. The Balaban J connectivity index is 1.62. The van der Waals surface area contributed by atoms with Gasteiger partial charge in [-0.25, -0.2) is 5.43 Å². The molecule has 5 heteroatoms. The normalized spacial score (nSPS) is 36.3. The van der Waals surface area contributed by atoms with E-state index in [9.17, 15) is 0 Å². The van der Waals surface area contributed by atoms with E-state index in [1.165, 1.54) is 24.8 Å². The summed E-state index contributed by atoms with van der Waals surface area (Å²) in [4.78, 5) is 0.567. The summed E-state index contributed by atoms with van der Waals surface area (Å²) in [6, 6.07) is 7.15. The van der Waals surface area contributed by atoms with Crippen LogP contribution in [0, 0.1) is 5.92 Å². The molecule has 1 saturated carbocycles. The van der Waals surface area contributed by atoms with E-state index in [1.54, 1.807) is 0 Å². The third-order valence-electron chi connectivity index (χ3n) is 4.46. The van der Waals surface area contributed by atoms with E-state index < -0.39 is 0 Å². The fourth-order valence-corrected chi connectivity index (χ4v) is 4.33. The Bertz CT molecular complexity index is 496. The van der Waals surface area contributed by atoms with Gasteiger partial charge in [-0.1, -0.05) is 28.4 Å². The molecule has 102 valence electrons. The van der Waals surface area contributed by atoms with Gasteiger partial charge < -0.3 is 9.47 Å². The number of rotatable bonds is 1. The fourth-order valence-electron chi connectivity index (χ4n) is 3.48. The molecule has 2 heterocycles. The van der Waals surface area contributed by atoms with Crippen molar-refractivity contribution < 1.29 is 9.47 Å². The van der Waals surface area contributed by atoms with Gasteiger partial charge in [0.1, 0.15) is 0 Å². The lowest BCUT2D eigenvalue weighted by atomic mass is 9.79. The van der Waals surface area contributed by atoms with Crippen LogP contribution in [0.3, 0.4) is 0 Å². The van der Waals surface area contributed by atoms with Gasteiger partial charge in [0, 0.05) is 10.9 Å². The van der Waals surface area contributed by atoms with Crippen molar-refractivity contribution in [1.29, 1.82) is 0 Å². The number of hydrazine groups is 1. The Morgan fingerprint density at radius 1 is 1.11 bits per heavy atom. The molecule has 4 nitrogen and oxygen atoms in total. The average Bonchev–Trinajstić information content (AvgIpc) is 3.04. The first-order valence-corrected chi connectivity index (χ1v) is 7.79. The number of benzene rings is 1. The van der Waals surface area contributed by atoms with Gasteiger partial charge >= 0.3 is 0 Å². The quantitative estimate of drug-likeness (QED) is 0.779. The van der Waals surface area contributed by atoms with Crippen LogP contribution in [0.4, 0.5) is 0 Å². The second-order valence-electron chi connectivity index (χ2n) is 5.52. The van der Waals surface area contributed by atoms with E-state index in [0.717, 1.165) is 11.5 Å². The highest BCUT2D eigenvalue weighted by molar-refractivity contribution is 9.09. The Morgan fingerprint density at radius 2 is 2.00 bits per heavy atom. The van der Waals surface area contributed by atoms with Gasteiger partial charge in [0.05, 0.1) is 6.04 Å². The largest absolute Gasteiger partial charge is 0.454 e. The van der Waals surface area contributed by atoms with Crippen LogP contribution in [0.2, 0.25) is 0 Å². The van der Waals surface area contributed by atoms with Crippen molar-refractivity contribution in [3.8, 4) is 11.5 Å². The Kier molecular flexibility index (Phi) is 2.94. The van der Waals surface area contributed by atoms with Crippen LogP contribution in [0.1, 0.15) is 30.9 Å². The number of nitrogens with one attached hydrogen (secondary N) is 2. The predicted molar refractivity (Wildman–Crippen MR) is 75.4 cm³/mol. The summed E-state index contributed by atoms with van der Waals surface area (Å²) in [5, 5.41) is 0. The summed E-state index contributed by atoms with van der Waals surface area (Å²) in [6.45, 7) is 0.338. The molecule has 2 N–H and O–H groups in total. The Morgan fingerprint density at radius 3 is 2.95 bits per heavy atom. The highest BCUT2D eigenvalue weighted by Gasteiger charge is 2.42. The lowest BCUT2D eigenvalue weighted by Crippen LogP contribution is -2.40. The van der Waals surface area contributed by atoms with Gasteiger partial charge in [0.2, 0.25) is 6.79 Å². The first-order valence-electron chi connectivity index (χ1n) is 6.87. The minimum Gasteiger partial charge on any atom is -0.454 e. The second kappa shape index (κ2) is 4.65. The van der Waals surface area contributed by atoms with Gasteiger partial charge in [-0.15, -0.1) is 0 Å². The topological polar surface area (TPSA) is 42.5 Å². The number of fused-ring (bicyclic) bond motifs is 2. The first-order chi connectivity index (χ1) is 9.33. The molecule has 0 bridgehead atoms. The van der Waals surface area contributed by atoms with Crippen LogP contribution in [0.25, 0.3) is 0 Å². The third-order valence-corrected chi connectivity index (χ3v) is 5.49. The monoisotopic (exact) mass is 324 g/mol. The van der Waals surface area contributed by atoms with E-state index in [-0.39, 0.29) is 0 Å². The summed E-state index contributed by atoms with van der Waals surface area (Å²) < 4.78 is 10.9. The zero-order valence-electron chi connectivity index (χ0n) is 10.6. The molecule has 4 atom stereocenters. The number of alkyl halides is 1. The second-order valence-corrected chi connectivity index (χ2v) is 6.69. The van der Waals surface area contributed by atoms with Gasteiger partial charge in [0.15, 0.2) is 11.5 Å². The molecule has 1 aliphatic carbocycles. The molecule has 2 fully saturated rings. The van der Waals surface area contributed by atoms with Crippen LogP contribution in [-0.4, -0.2) is 17.7 Å². The molecule has 0 amide bonds. The summed E-state index contributed by atoms with van der Waals surface area (Å²) in [7, 11) is 0. The van der Waals surface area contributed by atoms with E-state index in [2.05, 4.69) is 38.9 Å². The van der Waals surface area contributed by atoms with E-state index in [1.807, 2.05) is 6.07 Å². The zero-order chi connectivity index (χ0) is 12.8. The molecule has 4 rings (SSSR count). The van der Waals surface area contributed by atoms with Crippen LogP contribution in [0.15, 0.2) is 18.2 Å². The van der Waals surface area contributed by atoms with Gasteiger partial charge in [0.25, 0.3) is 0 Å². The molecular weight excluding hydrogens is 308 g/mol. The minimum absolute atomic E-state index is 0.338. The molecule has 3 aliphatic rings. The van der Waals surface area contributed by atoms with Crippen molar-refractivity contribution in [2.45, 2.75) is 36.2 Å². The van der Waals surface area contributed by atoms with Crippen LogP contribution in [0.5, 0.6) is 11.5 Å². The summed E-state index contributed by atoms with van der Waals surface area (Å²) in [6.07, 6.45) is 3.82. The first kappa shape index (κ1) is 12.0. The molecular formula is C14H17BrN2O2. The number of halogens is 1. The van der Waals surface area contributed by atoms with Crippen molar-refractivity contribution in [3.63, 3.8) is 0 Å². The number of hydrogen-bond donors (Lipinski definition) is 2. The van der Waals surface area contributed by atoms with E-state index in [4.69, 9.17) is 9.47 Å². The molecule has 0 radical (unpaired) electrons. The maximum Gasteiger partial charge on any atom is 0.231 e. The number of hydrogen-bond acceptors (Lipinski definition) is 4. The maximum atomic E-state index is 5.48. The zero-order valence-corrected chi connectivity index (χ0v) is 12.2. The van der Waals surface area contributed by atoms with Crippen molar-refractivity contribution in [1.82, 2.24) is 10.9 Å². The van der Waals surface area contributed by atoms with Gasteiger partial charge in [-0.05, 0) is 36.5 Å².